The number of nitrogens with zero attached hydrogens (tertiary/aromatic N) is 4. The van der Waals surface area contributed by atoms with Gasteiger partial charge < -0.3 is 0 Å². The second-order valence-corrected chi connectivity index (χ2v) is 7.21. The van der Waals surface area contributed by atoms with Gasteiger partial charge in [0.05, 0.1) is 17.4 Å². The summed E-state index contributed by atoms with van der Waals surface area (Å²) in [6, 6.07) is 9.65. The molecule has 0 amide bonds. The molecule has 0 unspecified atom stereocenters. The first-order valence-corrected chi connectivity index (χ1v) is 9.10. The van der Waals surface area contributed by atoms with Gasteiger partial charge in [-0.2, -0.15) is 4.39 Å². The summed E-state index contributed by atoms with van der Waals surface area (Å²) in [6.45, 7) is 1.80. The predicted molar refractivity (Wildman–Crippen MR) is 93.6 cm³/mol. The summed E-state index contributed by atoms with van der Waals surface area (Å²) in [5.74, 6) is 0.405. The number of fused-ring (bicyclic) bond motifs is 4. The summed E-state index contributed by atoms with van der Waals surface area (Å²) in [7, 11) is 0. The Morgan fingerprint density at radius 2 is 2.12 bits per heavy atom. The Morgan fingerprint density at radius 3 is 3.04 bits per heavy atom. The standard InChI is InChI=1S/C20H21FN4/c21-17-6-1-7-18-23-16(13-25(17)18)12-24-11-3-5-15-9-8-14-4-2-10-22-19(14)20(15)24/h1-2,4,6-7,10,13,15,20H,3,5,8-9,11-12H2/t15-,20-/m1/s1. The Hall–Kier alpha value is -2.27. The predicted octanol–water partition coefficient (Wildman–Crippen LogP) is 3.77. The largest absolute Gasteiger partial charge is 0.289 e. The highest BCUT2D eigenvalue weighted by atomic mass is 19.1. The van der Waals surface area contributed by atoms with Crippen molar-refractivity contribution in [3.05, 3.63) is 65.6 Å². The fraction of sp³-hybridized carbons (Fsp3) is 0.400. The van der Waals surface area contributed by atoms with Gasteiger partial charge in [0, 0.05) is 18.9 Å². The maximum Gasteiger partial charge on any atom is 0.199 e. The summed E-state index contributed by atoms with van der Waals surface area (Å²) in [4.78, 5) is 11.8. The Balaban J connectivity index is 1.49. The number of aromatic nitrogens is 3. The van der Waals surface area contributed by atoms with E-state index >= 15 is 0 Å². The van der Waals surface area contributed by atoms with Crippen LogP contribution >= 0.6 is 0 Å². The van der Waals surface area contributed by atoms with E-state index in [0.717, 1.165) is 25.2 Å². The summed E-state index contributed by atoms with van der Waals surface area (Å²) in [5, 5.41) is 0. The Labute approximate surface area is 146 Å². The van der Waals surface area contributed by atoms with Crippen molar-refractivity contribution in [1.29, 1.82) is 0 Å². The van der Waals surface area contributed by atoms with E-state index in [2.05, 4.69) is 16.0 Å². The van der Waals surface area contributed by atoms with Gasteiger partial charge in [0.1, 0.15) is 5.65 Å². The van der Waals surface area contributed by atoms with E-state index in [4.69, 9.17) is 4.98 Å². The molecule has 2 atom stereocenters. The van der Waals surface area contributed by atoms with Crippen molar-refractivity contribution >= 4 is 5.65 Å². The van der Waals surface area contributed by atoms with E-state index < -0.39 is 0 Å². The molecule has 0 saturated carbocycles. The van der Waals surface area contributed by atoms with Gasteiger partial charge in [-0.05, 0) is 61.9 Å². The quantitative estimate of drug-likeness (QED) is 0.668. The Morgan fingerprint density at radius 1 is 1.16 bits per heavy atom. The van der Waals surface area contributed by atoms with Crippen LogP contribution in [0, 0.1) is 11.9 Å². The van der Waals surface area contributed by atoms with Crippen molar-refractivity contribution in [1.82, 2.24) is 19.3 Å². The molecular formula is C20H21FN4. The van der Waals surface area contributed by atoms with Gasteiger partial charge in [-0.3, -0.25) is 14.3 Å². The minimum atomic E-state index is -0.266. The van der Waals surface area contributed by atoms with Crippen LogP contribution < -0.4 is 0 Å². The highest BCUT2D eigenvalue weighted by Crippen LogP contribution is 2.43. The van der Waals surface area contributed by atoms with Crippen molar-refractivity contribution in [2.24, 2.45) is 5.92 Å². The number of hydrogen-bond donors (Lipinski definition) is 0. The number of pyridine rings is 2. The number of imidazole rings is 1. The van der Waals surface area contributed by atoms with Crippen molar-refractivity contribution in [3.63, 3.8) is 0 Å². The van der Waals surface area contributed by atoms with E-state index in [-0.39, 0.29) is 5.95 Å². The Bertz CT molecular complexity index is 919. The molecule has 1 saturated heterocycles. The van der Waals surface area contributed by atoms with Crippen LogP contribution in [-0.4, -0.2) is 25.8 Å². The van der Waals surface area contributed by atoms with Gasteiger partial charge in [0.15, 0.2) is 5.95 Å². The topological polar surface area (TPSA) is 33.4 Å². The highest BCUT2D eigenvalue weighted by molar-refractivity contribution is 5.40. The molecule has 2 aliphatic rings. The lowest BCUT2D eigenvalue weighted by Crippen LogP contribution is -2.41. The molecule has 3 aromatic heterocycles. The molecule has 0 radical (unpaired) electrons. The van der Waals surface area contributed by atoms with E-state index in [9.17, 15) is 4.39 Å². The van der Waals surface area contributed by atoms with Gasteiger partial charge in [-0.15, -0.1) is 0 Å². The minimum absolute atomic E-state index is 0.266. The summed E-state index contributed by atoms with van der Waals surface area (Å²) in [6.07, 6.45) is 8.60. The average molecular weight is 336 g/mol. The summed E-state index contributed by atoms with van der Waals surface area (Å²) in [5.41, 5.74) is 4.23. The van der Waals surface area contributed by atoms with Gasteiger partial charge in [0.25, 0.3) is 0 Å². The maximum atomic E-state index is 13.9. The number of aryl methyl sites for hydroxylation is 1. The first kappa shape index (κ1) is 15.0. The first-order valence-electron chi connectivity index (χ1n) is 9.10. The molecule has 5 rings (SSSR count). The molecule has 1 aliphatic heterocycles. The van der Waals surface area contributed by atoms with Crippen molar-refractivity contribution in [2.75, 3.05) is 6.54 Å². The zero-order chi connectivity index (χ0) is 16.8. The van der Waals surface area contributed by atoms with Gasteiger partial charge >= 0.3 is 0 Å². The molecule has 0 aromatic carbocycles. The number of halogens is 1. The number of hydrogen-bond acceptors (Lipinski definition) is 3. The van der Waals surface area contributed by atoms with Gasteiger partial charge in [-0.25, -0.2) is 4.98 Å². The van der Waals surface area contributed by atoms with Crippen LogP contribution in [0.25, 0.3) is 5.65 Å². The molecule has 4 nitrogen and oxygen atoms in total. The fourth-order valence-electron chi connectivity index (χ4n) is 4.61. The van der Waals surface area contributed by atoms with Crippen LogP contribution in [0.15, 0.2) is 42.7 Å². The number of likely N-dealkylation sites (tertiary alicyclic amines) is 1. The molecule has 25 heavy (non-hydrogen) atoms. The van der Waals surface area contributed by atoms with Crippen molar-refractivity contribution in [3.8, 4) is 0 Å². The fourth-order valence-corrected chi connectivity index (χ4v) is 4.61. The lowest BCUT2D eigenvalue weighted by Gasteiger charge is -2.44. The number of rotatable bonds is 2. The van der Waals surface area contributed by atoms with Gasteiger partial charge in [0.2, 0.25) is 0 Å². The van der Waals surface area contributed by atoms with Crippen molar-refractivity contribution in [2.45, 2.75) is 38.3 Å². The lowest BCUT2D eigenvalue weighted by molar-refractivity contribution is 0.0686. The van der Waals surface area contributed by atoms with Crippen LogP contribution in [0.5, 0.6) is 0 Å². The molecule has 0 bridgehead atoms. The van der Waals surface area contributed by atoms with Crippen LogP contribution in [-0.2, 0) is 13.0 Å². The number of piperidine rings is 1. The normalized spacial score (nSPS) is 23.4. The highest BCUT2D eigenvalue weighted by Gasteiger charge is 2.37. The van der Waals surface area contributed by atoms with E-state index in [1.807, 2.05) is 24.5 Å². The zero-order valence-electron chi connectivity index (χ0n) is 14.1. The third-order valence-corrected chi connectivity index (χ3v) is 5.71. The molecule has 128 valence electrons. The Kier molecular flexibility index (Phi) is 3.55. The smallest absolute Gasteiger partial charge is 0.199 e. The molecule has 4 heterocycles. The van der Waals surface area contributed by atoms with Crippen LogP contribution in [0.2, 0.25) is 0 Å². The third-order valence-electron chi connectivity index (χ3n) is 5.71. The zero-order valence-corrected chi connectivity index (χ0v) is 14.1. The van der Waals surface area contributed by atoms with Crippen LogP contribution in [0.4, 0.5) is 4.39 Å². The van der Waals surface area contributed by atoms with Crippen LogP contribution in [0.1, 0.15) is 42.3 Å². The van der Waals surface area contributed by atoms with E-state index in [0.29, 0.717) is 17.6 Å². The summed E-state index contributed by atoms with van der Waals surface area (Å²) >= 11 is 0. The van der Waals surface area contributed by atoms with E-state index in [1.165, 1.54) is 41.0 Å². The monoisotopic (exact) mass is 336 g/mol. The molecule has 3 aromatic rings. The average Bonchev–Trinajstić information content (AvgIpc) is 3.06. The third kappa shape index (κ3) is 2.54. The van der Waals surface area contributed by atoms with Crippen LogP contribution in [0.3, 0.4) is 0 Å². The van der Waals surface area contributed by atoms with Gasteiger partial charge in [-0.1, -0.05) is 12.1 Å². The molecule has 0 spiro atoms. The molecule has 1 fully saturated rings. The molecule has 1 aliphatic carbocycles. The molecule has 5 heteroatoms. The van der Waals surface area contributed by atoms with E-state index in [1.54, 1.807) is 6.07 Å². The summed E-state index contributed by atoms with van der Waals surface area (Å²) < 4.78 is 15.5. The minimum Gasteiger partial charge on any atom is -0.289 e. The molecule has 0 N–H and O–H groups in total. The van der Waals surface area contributed by atoms with Crippen molar-refractivity contribution < 1.29 is 4.39 Å². The second kappa shape index (κ2) is 5.92. The first-order chi connectivity index (χ1) is 12.3. The maximum absolute atomic E-state index is 13.9. The SMILES string of the molecule is Fc1cccc2nc(CN3CCC[C@@H]4CCc5cccnc5[C@@H]43)cn12. The molecular weight excluding hydrogens is 315 g/mol. The lowest BCUT2D eigenvalue weighted by atomic mass is 9.77. The second-order valence-electron chi connectivity index (χ2n) is 7.21.